The van der Waals surface area contributed by atoms with Crippen LogP contribution in [0.2, 0.25) is 10.0 Å². The number of aryl methyl sites for hydroxylation is 1. The summed E-state index contributed by atoms with van der Waals surface area (Å²) in [6.45, 7) is 2.31. The van der Waals surface area contributed by atoms with Gasteiger partial charge in [-0.05, 0) is 37.6 Å². The lowest BCUT2D eigenvalue weighted by Gasteiger charge is -2.17. The Morgan fingerprint density at radius 2 is 2.11 bits per heavy atom. The Labute approximate surface area is 164 Å². The lowest BCUT2D eigenvalue weighted by Crippen LogP contribution is -2.33. The number of rotatable bonds is 3. The van der Waals surface area contributed by atoms with Crippen LogP contribution in [0.15, 0.2) is 30.5 Å². The molecule has 3 heterocycles. The molecule has 7 nitrogen and oxygen atoms in total. The van der Waals surface area contributed by atoms with Crippen LogP contribution in [0.3, 0.4) is 0 Å². The van der Waals surface area contributed by atoms with Gasteiger partial charge in [-0.1, -0.05) is 23.2 Å². The number of carbonyl (C=O) groups excluding carboxylic acids is 2. The molecule has 1 saturated heterocycles. The average Bonchev–Trinajstić information content (AvgIpc) is 3.21. The highest BCUT2D eigenvalue weighted by molar-refractivity contribution is 6.42. The molecule has 1 aromatic carbocycles. The van der Waals surface area contributed by atoms with Crippen LogP contribution in [0.1, 0.15) is 12.1 Å². The van der Waals surface area contributed by atoms with Gasteiger partial charge in [0.15, 0.2) is 5.65 Å². The molecule has 1 fully saturated rings. The van der Waals surface area contributed by atoms with Gasteiger partial charge >= 0.3 is 0 Å². The summed E-state index contributed by atoms with van der Waals surface area (Å²) in [5, 5.41) is 11.3. The first kappa shape index (κ1) is 17.8. The molecule has 3 aromatic rings. The van der Waals surface area contributed by atoms with Gasteiger partial charge in [-0.3, -0.25) is 14.7 Å². The Morgan fingerprint density at radius 3 is 2.89 bits per heavy atom. The normalized spacial score (nSPS) is 16.9. The SMILES string of the molecule is Cc1[nH]nc2ncc(NC(=O)C3CCN(c4ccc(Cl)c(Cl)c4)C3=O)cc12. The second-order valence-corrected chi connectivity index (χ2v) is 7.18. The summed E-state index contributed by atoms with van der Waals surface area (Å²) in [5.74, 6) is -1.38. The van der Waals surface area contributed by atoms with E-state index in [4.69, 9.17) is 23.2 Å². The van der Waals surface area contributed by atoms with Crippen LogP contribution in [0.5, 0.6) is 0 Å². The molecule has 1 atom stereocenters. The fourth-order valence-electron chi connectivity index (χ4n) is 3.15. The number of pyridine rings is 1. The molecule has 1 aliphatic heterocycles. The van der Waals surface area contributed by atoms with Crippen LogP contribution in [0.25, 0.3) is 11.0 Å². The largest absolute Gasteiger partial charge is 0.324 e. The van der Waals surface area contributed by atoms with Crippen LogP contribution < -0.4 is 10.2 Å². The molecule has 0 saturated carbocycles. The zero-order valence-corrected chi connectivity index (χ0v) is 15.8. The van der Waals surface area contributed by atoms with Crippen molar-refractivity contribution >= 4 is 57.4 Å². The van der Waals surface area contributed by atoms with E-state index in [1.807, 2.05) is 6.92 Å². The van der Waals surface area contributed by atoms with E-state index in [-0.39, 0.29) is 11.8 Å². The van der Waals surface area contributed by atoms with Crippen molar-refractivity contribution in [3.8, 4) is 0 Å². The molecule has 138 valence electrons. The number of H-pyrrole nitrogens is 1. The lowest BCUT2D eigenvalue weighted by atomic mass is 10.1. The predicted molar refractivity (Wildman–Crippen MR) is 104 cm³/mol. The second kappa shape index (κ2) is 6.83. The minimum atomic E-state index is -0.763. The molecule has 27 heavy (non-hydrogen) atoms. The number of hydrogen-bond acceptors (Lipinski definition) is 4. The number of amides is 2. The zero-order chi connectivity index (χ0) is 19.1. The summed E-state index contributed by atoms with van der Waals surface area (Å²) in [4.78, 5) is 31.1. The van der Waals surface area contributed by atoms with E-state index in [1.54, 1.807) is 29.2 Å². The van der Waals surface area contributed by atoms with Gasteiger partial charge in [0.2, 0.25) is 11.8 Å². The predicted octanol–water partition coefficient (Wildman–Crippen LogP) is 3.56. The highest BCUT2D eigenvalue weighted by Gasteiger charge is 2.37. The van der Waals surface area contributed by atoms with Gasteiger partial charge in [0.25, 0.3) is 0 Å². The molecule has 1 aliphatic rings. The second-order valence-electron chi connectivity index (χ2n) is 6.36. The highest BCUT2D eigenvalue weighted by Crippen LogP contribution is 2.31. The van der Waals surface area contributed by atoms with Crippen molar-refractivity contribution in [1.29, 1.82) is 0 Å². The molecule has 0 bridgehead atoms. The van der Waals surface area contributed by atoms with Crippen LogP contribution >= 0.6 is 23.2 Å². The molecule has 9 heteroatoms. The van der Waals surface area contributed by atoms with Crippen LogP contribution in [0, 0.1) is 12.8 Å². The standard InChI is InChI=1S/C18H15Cl2N5O2/c1-9-13-6-10(8-21-16(13)24-23-9)22-17(26)12-4-5-25(18(12)27)11-2-3-14(19)15(20)7-11/h2-3,6-8,12H,4-5H2,1H3,(H,22,26)(H,21,23,24). The number of nitrogens with zero attached hydrogens (tertiary/aromatic N) is 3. The smallest absolute Gasteiger partial charge is 0.239 e. The van der Waals surface area contributed by atoms with Gasteiger partial charge < -0.3 is 10.2 Å². The van der Waals surface area contributed by atoms with E-state index in [0.717, 1.165) is 11.1 Å². The van der Waals surface area contributed by atoms with Crippen molar-refractivity contribution in [2.24, 2.45) is 5.92 Å². The van der Waals surface area contributed by atoms with Crippen LogP contribution in [-0.2, 0) is 9.59 Å². The number of benzene rings is 1. The first-order valence-corrected chi connectivity index (χ1v) is 9.07. The molecule has 2 N–H and O–H groups in total. The van der Waals surface area contributed by atoms with Crippen molar-refractivity contribution in [3.05, 3.63) is 46.2 Å². The van der Waals surface area contributed by atoms with Gasteiger partial charge in [-0.25, -0.2) is 4.98 Å². The molecule has 0 radical (unpaired) electrons. The van der Waals surface area contributed by atoms with E-state index in [1.165, 1.54) is 6.20 Å². The van der Waals surface area contributed by atoms with Gasteiger partial charge in [-0.15, -0.1) is 0 Å². The van der Waals surface area contributed by atoms with E-state index < -0.39 is 5.92 Å². The van der Waals surface area contributed by atoms with Crippen molar-refractivity contribution in [1.82, 2.24) is 15.2 Å². The van der Waals surface area contributed by atoms with E-state index >= 15 is 0 Å². The lowest BCUT2D eigenvalue weighted by molar-refractivity contribution is -0.129. The number of halogens is 2. The zero-order valence-electron chi connectivity index (χ0n) is 14.3. The first-order chi connectivity index (χ1) is 12.9. The van der Waals surface area contributed by atoms with Gasteiger partial charge in [0.05, 0.1) is 21.9 Å². The quantitative estimate of drug-likeness (QED) is 0.653. The van der Waals surface area contributed by atoms with Crippen molar-refractivity contribution < 1.29 is 9.59 Å². The molecular weight excluding hydrogens is 389 g/mol. The molecule has 1 unspecified atom stereocenters. The molecule has 0 spiro atoms. The number of anilines is 2. The summed E-state index contributed by atoms with van der Waals surface area (Å²) in [5.41, 5.74) is 2.59. The van der Waals surface area contributed by atoms with E-state index in [9.17, 15) is 9.59 Å². The maximum Gasteiger partial charge on any atom is 0.239 e. The third-order valence-electron chi connectivity index (χ3n) is 4.60. The van der Waals surface area contributed by atoms with Gasteiger partial charge in [0, 0.05) is 23.3 Å². The fraction of sp³-hybridized carbons (Fsp3) is 0.222. The Kier molecular flexibility index (Phi) is 4.49. The summed E-state index contributed by atoms with van der Waals surface area (Å²) in [7, 11) is 0. The van der Waals surface area contributed by atoms with Crippen molar-refractivity contribution in [2.45, 2.75) is 13.3 Å². The minimum absolute atomic E-state index is 0.264. The monoisotopic (exact) mass is 403 g/mol. The maximum absolute atomic E-state index is 12.7. The van der Waals surface area contributed by atoms with E-state index in [0.29, 0.717) is 40.0 Å². The molecular formula is C18H15Cl2N5O2. The Morgan fingerprint density at radius 1 is 1.30 bits per heavy atom. The maximum atomic E-state index is 12.7. The third-order valence-corrected chi connectivity index (χ3v) is 5.34. The number of hydrogen-bond donors (Lipinski definition) is 2. The summed E-state index contributed by atoms with van der Waals surface area (Å²) < 4.78 is 0. The number of carbonyl (C=O) groups is 2. The first-order valence-electron chi connectivity index (χ1n) is 8.32. The number of aromatic nitrogens is 3. The van der Waals surface area contributed by atoms with Gasteiger partial charge in [0.1, 0.15) is 5.92 Å². The van der Waals surface area contributed by atoms with Gasteiger partial charge in [-0.2, -0.15) is 5.10 Å². The average molecular weight is 404 g/mol. The Balaban J connectivity index is 1.51. The summed E-state index contributed by atoms with van der Waals surface area (Å²) >= 11 is 12.0. The topological polar surface area (TPSA) is 91.0 Å². The number of aromatic amines is 1. The third kappa shape index (κ3) is 3.24. The van der Waals surface area contributed by atoms with Crippen molar-refractivity contribution in [3.63, 3.8) is 0 Å². The van der Waals surface area contributed by atoms with E-state index in [2.05, 4.69) is 20.5 Å². The number of fused-ring (bicyclic) bond motifs is 1. The van der Waals surface area contributed by atoms with Crippen LogP contribution in [0.4, 0.5) is 11.4 Å². The summed E-state index contributed by atoms with van der Waals surface area (Å²) in [6.07, 6.45) is 1.95. The summed E-state index contributed by atoms with van der Waals surface area (Å²) in [6, 6.07) is 6.76. The van der Waals surface area contributed by atoms with Crippen LogP contribution in [-0.4, -0.2) is 33.5 Å². The minimum Gasteiger partial charge on any atom is -0.324 e. The molecule has 2 amide bonds. The molecule has 0 aliphatic carbocycles. The Hall–Kier alpha value is -2.64. The molecule has 2 aromatic heterocycles. The number of nitrogens with one attached hydrogen (secondary N) is 2. The van der Waals surface area contributed by atoms with Crippen molar-refractivity contribution in [2.75, 3.05) is 16.8 Å². The highest BCUT2D eigenvalue weighted by atomic mass is 35.5. The Bertz CT molecular complexity index is 1070. The molecule has 4 rings (SSSR count). The fourth-order valence-corrected chi connectivity index (χ4v) is 3.44.